The molecule has 1 saturated carbocycles. The van der Waals surface area contributed by atoms with Gasteiger partial charge < -0.3 is 14.8 Å². The maximum atomic E-state index is 13.2. The molecule has 1 atom stereocenters. The number of fused-ring (bicyclic) bond motifs is 1. The van der Waals surface area contributed by atoms with Crippen molar-refractivity contribution in [3.8, 4) is 0 Å². The third kappa shape index (κ3) is 3.45. The molecular formula is C21H27NO5S. The van der Waals surface area contributed by atoms with E-state index in [9.17, 15) is 14.4 Å². The molecule has 7 heteroatoms. The largest absolute Gasteiger partial charge is 0.462 e. The second-order valence-corrected chi connectivity index (χ2v) is 9.09. The number of amides is 1. The van der Waals surface area contributed by atoms with Crippen LogP contribution in [0.15, 0.2) is 0 Å². The van der Waals surface area contributed by atoms with E-state index in [-0.39, 0.29) is 24.3 Å². The Bertz CT molecular complexity index is 793. The predicted molar refractivity (Wildman–Crippen MR) is 106 cm³/mol. The second-order valence-electron chi connectivity index (χ2n) is 7.98. The highest BCUT2D eigenvalue weighted by Gasteiger charge is 2.53. The Kier molecular flexibility index (Phi) is 5.45. The van der Waals surface area contributed by atoms with Crippen molar-refractivity contribution in [2.45, 2.75) is 76.7 Å². The summed E-state index contributed by atoms with van der Waals surface area (Å²) in [6.07, 6.45) is 8.54. The monoisotopic (exact) mass is 405 g/mol. The highest BCUT2D eigenvalue weighted by Crippen LogP contribution is 2.45. The molecule has 1 N–H and O–H groups in total. The third-order valence-corrected chi connectivity index (χ3v) is 7.43. The van der Waals surface area contributed by atoms with E-state index in [4.69, 9.17) is 9.47 Å². The van der Waals surface area contributed by atoms with Crippen LogP contribution in [0.5, 0.6) is 0 Å². The average Bonchev–Trinajstić information content (AvgIpc) is 3.19. The molecule has 0 bridgehead atoms. The summed E-state index contributed by atoms with van der Waals surface area (Å²) < 4.78 is 10.9. The van der Waals surface area contributed by atoms with Crippen LogP contribution in [0.4, 0.5) is 5.00 Å². The highest BCUT2D eigenvalue weighted by molar-refractivity contribution is 7.17. The molecule has 1 spiro atoms. The normalized spacial score (nSPS) is 23.2. The Labute approximate surface area is 169 Å². The number of carbonyl (C=O) groups excluding carboxylic acids is 3. The molecule has 2 fully saturated rings. The first-order valence-corrected chi connectivity index (χ1v) is 11.2. The molecule has 0 unspecified atom stereocenters. The summed E-state index contributed by atoms with van der Waals surface area (Å²) in [5.74, 6) is -1.37. The molecule has 3 aliphatic rings. The van der Waals surface area contributed by atoms with Crippen molar-refractivity contribution in [1.29, 1.82) is 0 Å². The molecule has 1 aliphatic heterocycles. The van der Waals surface area contributed by atoms with Gasteiger partial charge in [-0.25, -0.2) is 4.79 Å². The van der Waals surface area contributed by atoms with Gasteiger partial charge in [-0.1, -0.05) is 6.42 Å². The van der Waals surface area contributed by atoms with Crippen molar-refractivity contribution >= 4 is 34.2 Å². The topological polar surface area (TPSA) is 81.7 Å². The summed E-state index contributed by atoms with van der Waals surface area (Å²) in [6.45, 7) is 2.08. The number of anilines is 1. The van der Waals surface area contributed by atoms with Crippen molar-refractivity contribution in [1.82, 2.24) is 0 Å². The molecule has 0 aromatic carbocycles. The molecule has 4 rings (SSSR count). The molecule has 152 valence electrons. The second kappa shape index (κ2) is 7.85. The lowest BCUT2D eigenvalue weighted by molar-refractivity contribution is -0.153. The SMILES string of the molecule is CCOC(=O)c1c(NC(=O)[C@H]2CC(=O)OC23CCCCC3)sc2c1CCCC2. The Morgan fingerprint density at radius 1 is 1.18 bits per heavy atom. The van der Waals surface area contributed by atoms with Gasteiger partial charge in [0.2, 0.25) is 5.91 Å². The zero-order valence-electron chi connectivity index (χ0n) is 16.3. The zero-order chi connectivity index (χ0) is 19.7. The van der Waals surface area contributed by atoms with E-state index < -0.39 is 11.5 Å². The summed E-state index contributed by atoms with van der Waals surface area (Å²) >= 11 is 1.48. The molecule has 0 radical (unpaired) electrons. The fraction of sp³-hybridized carbons (Fsp3) is 0.667. The van der Waals surface area contributed by atoms with Gasteiger partial charge in [0.25, 0.3) is 0 Å². The van der Waals surface area contributed by atoms with Crippen LogP contribution in [-0.2, 0) is 31.9 Å². The summed E-state index contributed by atoms with van der Waals surface area (Å²) in [7, 11) is 0. The predicted octanol–water partition coefficient (Wildman–Crippen LogP) is 4.01. The van der Waals surface area contributed by atoms with Crippen molar-refractivity contribution in [3.63, 3.8) is 0 Å². The fourth-order valence-electron chi connectivity index (χ4n) is 4.90. The standard InChI is InChI=1S/C21H27NO5S/c1-2-26-20(25)17-13-8-4-5-9-15(13)28-19(17)22-18(24)14-12-16(23)27-21(14)10-6-3-7-11-21/h14H,2-12H2,1H3,(H,22,24)/t14-/m1/s1. The highest BCUT2D eigenvalue weighted by atomic mass is 32.1. The molecule has 1 amide bonds. The average molecular weight is 406 g/mol. The molecule has 2 heterocycles. The lowest BCUT2D eigenvalue weighted by Gasteiger charge is -2.35. The van der Waals surface area contributed by atoms with E-state index in [2.05, 4.69) is 5.32 Å². The van der Waals surface area contributed by atoms with Gasteiger partial charge in [-0.15, -0.1) is 11.3 Å². The number of carbonyl (C=O) groups is 3. The van der Waals surface area contributed by atoms with Gasteiger partial charge in [0.15, 0.2) is 0 Å². The van der Waals surface area contributed by atoms with E-state index in [0.29, 0.717) is 17.2 Å². The van der Waals surface area contributed by atoms with Crippen molar-refractivity contribution in [3.05, 3.63) is 16.0 Å². The first kappa shape index (κ1) is 19.4. The van der Waals surface area contributed by atoms with Gasteiger partial charge in [-0.3, -0.25) is 9.59 Å². The molecular weight excluding hydrogens is 378 g/mol. The maximum Gasteiger partial charge on any atom is 0.341 e. The van der Waals surface area contributed by atoms with Crippen molar-refractivity contribution in [2.75, 3.05) is 11.9 Å². The van der Waals surface area contributed by atoms with Crippen LogP contribution >= 0.6 is 11.3 Å². The van der Waals surface area contributed by atoms with Crippen LogP contribution in [0.25, 0.3) is 0 Å². The smallest absolute Gasteiger partial charge is 0.341 e. The number of rotatable bonds is 4. The third-order valence-electron chi connectivity index (χ3n) is 6.23. The summed E-state index contributed by atoms with van der Waals surface area (Å²) in [5, 5.41) is 3.56. The van der Waals surface area contributed by atoms with Crippen LogP contribution in [0, 0.1) is 5.92 Å². The first-order valence-electron chi connectivity index (χ1n) is 10.4. The molecule has 1 aromatic rings. The minimum absolute atomic E-state index is 0.117. The van der Waals surface area contributed by atoms with Gasteiger partial charge in [-0.05, 0) is 63.9 Å². The Morgan fingerprint density at radius 2 is 1.93 bits per heavy atom. The first-order chi connectivity index (χ1) is 13.5. The molecule has 2 aliphatic carbocycles. The van der Waals surface area contributed by atoms with E-state index in [1.54, 1.807) is 6.92 Å². The molecule has 28 heavy (non-hydrogen) atoms. The minimum atomic E-state index is -0.666. The van der Waals surface area contributed by atoms with Crippen LogP contribution in [0.2, 0.25) is 0 Å². The number of hydrogen-bond acceptors (Lipinski definition) is 6. The number of esters is 2. The molecule has 1 saturated heterocycles. The Balaban J connectivity index is 1.61. The molecule has 1 aromatic heterocycles. The van der Waals surface area contributed by atoms with Gasteiger partial charge in [0, 0.05) is 4.88 Å². The van der Waals surface area contributed by atoms with Gasteiger partial charge in [0.05, 0.1) is 24.5 Å². The van der Waals surface area contributed by atoms with Crippen LogP contribution in [0.1, 0.15) is 79.1 Å². The van der Waals surface area contributed by atoms with E-state index in [0.717, 1.165) is 68.2 Å². The number of hydrogen-bond donors (Lipinski definition) is 1. The summed E-state index contributed by atoms with van der Waals surface area (Å²) in [6, 6.07) is 0. The quantitative estimate of drug-likeness (QED) is 0.766. The van der Waals surface area contributed by atoms with Crippen LogP contribution < -0.4 is 5.32 Å². The van der Waals surface area contributed by atoms with E-state index in [1.807, 2.05) is 0 Å². The van der Waals surface area contributed by atoms with Gasteiger partial charge >= 0.3 is 11.9 Å². The fourth-order valence-corrected chi connectivity index (χ4v) is 6.18. The van der Waals surface area contributed by atoms with E-state index >= 15 is 0 Å². The number of aryl methyl sites for hydroxylation is 1. The van der Waals surface area contributed by atoms with Crippen molar-refractivity contribution < 1.29 is 23.9 Å². The zero-order valence-corrected chi connectivity index (χ0v) is 17.1. The van der Waals surface area contributed by atoms with Crippen LogP contribution in [0.3, 0.4) is 0 Å². The van der Waals surface area contributed by atoms with Crippen LogP contribution in [-0.4, -0.2) is 30.1 Å². The Morgan fingerprint density at radius 3 is 2.68 bits per heavy atom. The number of nitrogens with one attached hydrogen (secondary N) is 1. The lowest BCUT2D eigenvalue weighted by atomic mass is 9.75. The van der Waals surface area contributed by atoms with Crippen molar-refractivity contribution in [2.24, 2.45) is 5.92 Å². The number of ether oxygens (including phenoxy) is 2. The maximum absolute atomic E-state index is 13.2. The van der Waals surface area contributed by atoms with Gasteiger partial charge in [0.1, 0.15) is 10.6 Å². The lowest BCUT2D eigenvalue weighted by Crippen LogP contribution is -2.43. The van der Waals surface area contributed by atoms with Gasteiger partial charge in [-0.2, -0.15) is 0 Å². The number of thiophene rings is 1. The van der Waals surface area contributed by atoms with E-state index in [1.165, 1.54) is 11.3 Å². The Hall–Kier alpha value is -1.89. The summed E-state index contributed by atoms with van der Waals surface area (Å²) in [4.78, 5) is 39.0. The minimum Gasteiger partial charge on any atom is -0.462 e. The summed E-state index contributed by atoms with van der Waals surface area (Å²) in [5.41, 5.74) is 0.870. The molecule has 6 nitrogen and oxygen atoms in total.